The lowest BCUT2D eigenvalue weighted by Gasteiger charge is -2.16. The SMILES string of the molecule is CN(C/C=C/C(=O)N1CC[C@@H](n2c(=O)n(-c3ccc(Oc4ccccc4)cc3)c3ccccc32)C1)C1CC1. The van der Waals surface area contributed by atoms with Gasteiger partial charge in [0, 0.05) is 31.8 Å². The summed E-state index contributed by atoms with van der Waals surface area (Å²) in [6.07, 6.45) is 6.89. The third kappa shape index (κ3) is 4.89. The van der Waals surface area contributed by atoms with Crippen molar-refractivity contribution in [1.29, 1.82) is 0 Å². The van der Waals surface area contributed by atoms with Gasteiger partial charge in [-0.15, -0.1) is 0 Å². The maximum atomic E-state index is 13.8. The first-order valence-electron chi connectivity index (χ1n) is 13.3. The molecule has 2 aliphatic rings. The van der Waals surface area contributed by atoms with E-state index in [9.17, 15) is 9.59 Å². The Bertz CT molecular complexity index is 1520. The smallest absolute Gasteiger partial charge is 0.334 e. The largest absolute Gasteiger partial charge is 0.457 e. The third-order valence-electron chi connectivity index (χ3n) is 7.52. The molecule has 0 radical (unpaired) electrons. The molecule has 3 aromatic carbocycles. The number of carbonyl (C=O) groups excluding carboxylic acids is 1. The fourth-order valence-electron chi connectivity index (χ4n) is 5.30. The molecule has 2 heterocycles. The maximum Gasteiger partial charge on any atom is 0.334 e. The molecule has 0 spiro atoms. The molecule has 4 aromatic rings. The Morgan fingerprint density at radius 2 is 1.61 bits per heavy atom. The van der Waals surface area contributed by atoms with Gasteiger partial charge in [-0.05, 0) is 74.8 Å². The van der Waals surface area contributed by atoms with Crippen molar-refractivity contribution in [3.63, 3.8) is 0 Å². The van der Waals surface area contributed by atoms with Gasteiger partial charge < -0.3 is 9.64 Å². The Morgan fingerprint density at radius 3 is 2.34 bits per heavy atom. The van der Waals surface area contributed by atoms with Gasteiger partial charge in [0.1, 0.15) is 11.5 Å². The maximum absolute atomic E-state index is 13.8. The van der Waals surface area contributed by atoms with Crippen molar-refractivity contribution in [3.8, 4) is 17.2 Å². The van der Waals surface area contributed by atoms with Crippen LogP contribution in [0.15, 0.2) is 95.8 Å². The minimum absolute atomic E-state index is 0.0162. The Hall–Kier alpha value is -4.10. The van der Waals surface area contributed by atoms with Crippen LogP contribution in [0.3, 0.4) is 0 Å². The van der Waals surface area contributed by atoms with Crippen molar-refractivity contribution >= 4 is 16.9 Å². The van der Waals surface area contributed by atoms with Crippen LogP contribution in [-0.2, 0) is 4.79 Å². The highest BCUT2D eigenvalue weighted by Crippen LogP contribution is 2.28. The zero-order valence-electron chi connectivity index (χ0n) is 21.6. The Morgan fingerprint density at radius 1 is 0.921 bits per heavy atom. The number of rotatable bonds is 8. The lowest BCUT2D eigenvalue weighted by molar-refractivity contribution is -0.125. The van der Waals surface area contributed by atoms with Gasteiger partial charge in [-0.25, -0.2) is 4.79 Å². The summed E-state index contributed by atoms with van der Waals surface area (Å²) in [5, 5.41) is 0. The third-order valence-corrected chi connectivity index (χ3v) is 7.52. The highest BCUT2D eigenvalue weighted by atomic mass is 16.5. The van der Waals surface area contributed by atoms with Crippen molar-refractivity contribution in [2.45, 2.75) is 31.3 Å². The summed E-state index contributed by atoms with van der Waals surface area (Å²) < 4.78 is 9.54. The number of imidazole rings is 1. The molecule has 1 amide bonds. The Labute approximate surface area is 222 Å². The molecule has 2 fully saturated rings. The van der Waals surface area contributed by atoms with Gasteiger partial charge in [-0.3, -0.25) is 18.8 Å². The number of benzene rings is 3. The van der Waals surface area contributed by atoms with Crippen LogP contribution in [-0.4, -0.2) is 57.6 Å². The van der Waals surface area contributed by atoms with Crippen molar-refractivity contribution in [2.24, 2.45) is 0 Å². The normalized spacial score (nSPS) is 17.6. The second-order valence-corrected chi connectivity index (χ2v) is 10.2. The van der Waals surface area contributed by atoms with Crippen LogP contribution < -0.4 is 10.4 Å². The lowest BCUT2D eigenvalue weighted by atomic mass is 10.2. The standard InChI is InChI=1S/C31H32N4O3/c1-32(23-13-14-23)20-7-12-30(36)33-21-19-25(22-33)35-29-11-6-5-10-28(29)34(31(35)37)24-15-17-27(18-16-24)38-26-8-3-2-4-9-26/h2-12,15-18,23,25H,13-14,19-22H2,1H3/b12-7+/t25-/m1/s1. The highest BCUT2D eigenvalue weighted by Gasteiger charge is 2.30. The number of amides is 1. The van der Waals surface area contributed by atoms with Crippen molar-refractivity contribution < 1.29 is 9.53 Å². The molecule has 1 aromatic heterocycles. The summed E-state index contributed by atoms with van der Waals surface area (Å²) in [4.78, 5) is 30.8. The number of fused-ring (bicyclic) bond motifs is 1. The minimum atomic E-state index is -0.0937. The first kappa shape index (κ1) is 24.2. The van der Waals surface area contributed by atoms with E-state index in [0.29, 0.717) is 24.9 Å². The Balaban J connectivity index is 1.22. The topological polar surface area (TPSA) is 59.7 Å². The van der Waals surface area contributed by atoms with Crippen molar-refractivity contribution in [2.75, 3.05) is 26.7 Å². The molecule has 6 rings (SSSR count). The fourth-order valence-corrected chi connectivity index (χ4v) is 5.30. The van der Waals surface area contributed by atoms with E-state index in [2.05, 4.69) is 11.9 Å². The molecule has 1 aliphatic carbocycles. The number of aromatic nitrogens is 2. The molecular formula is C31H32N4O3. The molecule has 7 nitrogen and oxygen atoms in total. The summed E-state index contributed by atoms with van der Waals surface area (Å²) in [7, 11) is 2.10. The van der Waals surface area contributed by atoms with Crippen LogP contribution in [0.4, 0.5) is 0 Å². The minimum Gasteiger partial charge on any atom is -0.457 e. The molecule has 0 unspecified atom stereocenters. The summed E-state index contributed by atoms with van der Waals surface area (Å²) in [5.74, 6) is 1.49. The van der Waals surface area contributed by atoms with E-state index < -0.39 is 0 Å². The molecule has 7 heteroatoms. The summed E-state index contributed by atoms with van der Waals surface area (Å²) in [6.45, 7) is 1.96. The van der Waals surface area contributed by atoms with Crippen LogP contribution in [0.2, 0.25) is 0 Å². The monoisotopic (exact) mass is 508 g/mol. The number of hydrogen-bond acceptors (Lipinski definition) is 4. The second kappa shape index (κ2) is 10.3. The number of para-hydroxylation sites is 3. The van der Waals surface area contributed by atoms with Crippen molar-refractivity contribution in [3.05, 3.63) is 101 Å². The van der Waals surface area contributed by atoms with Gasteiger partial charge >= 0.3 is 5.69 Å². The molecule has 0 N–H and O–H groups in total. The number of hydrogen-bond donors (Lipinski definition) is 0. The van der Waals surface area contributed by atoms with Crippen LogP contribution in [0.1, 0.15) is 25.3 Å². The quantitative estimate of drug-likeness (QED) is 0.314. The first-order chi connectivity index (χ1) is 18.6. The molecule has 0 bridgehead atoms. The molecule has 1 aliphatic heterocycles. The zero-order chi connectivity index (χ0) is 26.1. The van der Waals surface area contributed by atoms with Gasteiger partial charge in [-0.1, -0.05) is 36.4 Å². The van der Waals surface area contributed by atoms with E-state index in [4.69, 9.17) is 4.74 Å². The number of nitrogens with zero attached hydrogens (tertiary/aromatic N) is 4. The van der Waals surface area contributed by atoms with E-state index in [-0.39, 0.29) is 17.6 Å². The number of likely N-dealkylation sites (N-methyl/N-ethyl adjacent to an activating group) is 1. The van der Waals surface area contributed by atoms with Gasteiger partial charge in [0.05, 0.1) is 22.8 Å². The van der Waals surface area contributed by atoms with Gasteiger partial charge in [0.2, 0.25) is 5.91 Å². The van der Waals surface area contributed by atoms with Crippen LogP contribution in [0.5, 0.6) is 11.5 Å². The second-order valence-electron chi connectivity index (χ2n) is 10.2. The molecule has 1 saturated heterocycles. The van der Waals surface area contributed by atoms with E-state index in [0.717, 1.165) is 35.4 Å². The van der Waals surface area contributed by atoms with Gasteiger partial charge in [0.15, 0.2) is 0 Å². The lowest BCUT2D eigenvalue weighted by Crippen LogP contribution is -2.31. The van der Waals surface area contributed by atoms with Crippen LogP contribution in [0.25, 0.3) is 16.7 Å². The average Bonchev–Trinajstić information content (AvgIpc) is 3.61. The number of carbonyl (C=O) groups is 1. The zero-order valence-corrected chi connectivity index (χ0v) is 21.6. The molecule has 1 atom stereocenters. The molecule has 1 saturated carbocycles. The highest BCUT2D eigenvalue weighted by molar-refractivity contribution is 5.88. The predicted molar refractivity (Wildman–Crippen MR) is 149 cm³/mol. The van der Waals surface area contributed by atoms with Gasteiger partial charge in [0.25, 0.3) is 0 Å². The van der Waals surface area contributed by atoms with Crippen LogP contribution in [0, 0.1) is 0 Å². The predicted octanol–water partition coefficient (Wildman–Crippen LogP) is 5.01. The van der Waals surface area contributed by atoms with E-state index in [1.807, 2.05) is 94.4 Å². The number of ether oxygens (including phenoxy) is 1. The van der Waals surface area contributed by atoms with E-state index in [1.165, 1.54) is 12.8 Å². The molecular weight excluding hydrogens is 476 g/mol. The summed E-state index contributed by atoms with van der Waals surface area (Å²) in [6, 6.07) is 25.7. The first-order valence-corrected chi connectivity index (χ1v) is 13.3. The van der Waals surface area contributed by atoms with Gasteiger partial charge in [-0.2, -0.15) is 0 Å². The molecule has 38 heavy (non-hydrogen) atoms. The summed E-state index contributed by atoms with van der Waals surface area (Å²) in [5.41, 5.74) is 2.41. The molecule has 194 valence electrons. The number of likely N-dealkylation sites (tertiary alicyclic amines) is 1. The summed E-state index contributed by atoms with van der Waals surface area (Å²) >= 11 is 0. The average molecular weight is 509 g/mol. The van der Waals surface area contributed by atoms with Crippen molar-refractivity contribution in [1.82, 2.24) is 18.9 Å². The fraction of sp³-hybridized carbons (Fsp3) is 0.290. The Kier molecular flexibility index (Phi) is 6.60. The van der Waals surface area contributed by atoms with Crippen LogP contribution >= 0.6 is 0 Å². The van der Waals surface area contributed by atoms with E-state index >= 15 is 0 Å². The van der Waals surface area contributed by atoms with E-state index in [1.54, 1.807) is 10.6 Å².